The van der Waals surface area contributed by atoms with Crippen LogP contribution < -0.4 is 10.1 Å². The quantitative estimate of drug-likeness (QED) is 0.590. The summed E-state index contributed by atoms with van der Waals surface area (Å²) in [5, 5.41) is 2.38. The van der Waals surface area contributed by atoms with Gasteiger partial charge in [-0.05, 0) is 29.8 Å². The third-order valence-corrected chi connectivity index (χ3v) is 4.92. The summed E-state index contributed by atoms with van der Waals surface area (Å²) in [4.78, 5) is 39.2. The number of carbonyl (C=O) groups is 3. The van der Waals surface area contributed by atoms with Crippen molar-refractivity contribution < 1.29 is 32.3 Å². The molecule has 0 radical (unpaired) electrons. The van der Waals surface area contributed by atoms with E-state index >= 15 is 0 Å². The lowest BCUT2D eigenvalue weighted by Gasteiger charge is -2.22. The minimum absolute atomic E-state index is 0.0839. The van der Waals surface area contributed by atoms with Gasteiger partial charge in [-0.2, -0.15) is 8.78 Å². The number of halogens is 3. The van der Waals surface area contributed by atoms with E-state index in [1.807, 2.05) is 0 Å². The third-order valence-electron chi connectivity index (χ3n) is 4.92. The van der Waals surface area contributed by atoms with Gasteiger partial charge in [-0.3, -0.25) is 14.4 Å². The second-order valence-electron chi connectivity index (χ2n) is 7.32. The fourth-order valence-electron chi connectivity index (χ4n) is 3.49. The van der Waals surface area contributed by atoms with Gasteiger partial charge in [0, 0.05) is 18.1 Å². The van der Waals surface area contributed by atoms with Crippen LogP contribution in [0.3, 0.4) is 0 Å². The number of ketones is 2. The fourth-order valence-corrected chi connectivity index (χ4v) is 3.49. The van der Waals surface area contributed by atoms with Crippen LogP contribution in [0.4, 0.5) is 13.2 Å². The number of carbonyl (C=O) groups excluding carboxylic acids is 3. The van der Waals surface area contributed by atoms with Crippen molar-refractivity contribution in [2.75, 3.05) is 0 Å². The molecule has 0 unspecified atom stereocenters. The van der Waals surface area contributed by atoms with E-state index in [4.69, 9.17) is 0 Å². The first-order valence-corrected chi connectivity index (χ1v) is 9.81. The normalized spacial score (nSPS) is 13.6. The highest BCUT2D eigenvalue weighted by Gasteiger charge is 2.34. The average Bonchev–Trinajstić information content (AvgIpc) is 2.77. The predicted molar refractivity (Wildman–Crippen MR) is 114 cm³/mol. The number of alkyl halides is 2. The molecule has 0 saturated carbocycles. The maximum absolute atomic E-state index is 14.1. The minimum atomic E-state index is -3.41. The van der Waals surface area contributed by atoms with E-state index in [-0.39, 0.29) is 39.3 Å². The number of amides is 1. The van der Waals surface area contributed by atoms with Crippen LogP contribution >= 0.6 is 0 Å². The number of benzene rings is 3. The van der Waals surface area contributed by atoms with Crippen LogP contribution in [0.1, 0.15) is 43.6 Å². The van der Waals surface area contributed by atoms with Crippen LogP contribution in [0.2, 0.25) is 0 Å². The lowest BCUT2D eigenvalue weighted by Crippen LogP contribution is -2.34. The highest BCUT2D eigenvalue weighted by atomic mass is 19.3. The maximum atomic E-state index is 14.1. The zero-order valence-corrected chi connectivity index (χ0v) is 17.2. The Morgan fingerprint density at radius 2 is 1.42 bits per heavy atom. The van der Waals surface area contributed by atoms with E-state index in [2.05, 4.69) is 10.1 Å². The molecular formula is C25H16F3NO4. The Labute approximate surface area is 186 Å². The number of hydrogen-bond acceptors (Lipinski definition) is 4. The first-order valence-electron chi connectivity index (χ1n) is 9.81. The zero-order chi connectivity index (χ0) is 23.8. The van der Waals surface area contributed by atoms with Gasteiger partial charge in [-0.1, -0.05) is 48.5 Å². The van der Waals surface area contributed by atoms with Gasteiger partial charge in [-0.25, -0.2) is 4.39 Å². The van der Waals surface area contributed by atoms with Crippen molar-refractivity contribution in [1.29, 1.82) is 0 Å². The summed E-state index contributed by atoms with van der Waals surface area (Å²) in [5.74, 6) is -3.05. The second kappa shape index (κ2) is 8.38. The number of rotatable bonds is 5. The number of allylic oxidation sites excluding steroid dienone is 2. The molecule has 166 valence electrons. The van der Waals surface area contributed by atoms with Gasteiger partial charge in [0.1, 0.15) is 17.3 Å². The zero-order valence-electron chi connectivity index (χ0n) is 17.2. The van der Waals surface area contributed by atoms with E-state index < -0.39 is 29.4 Å². The summed E-state index contributed by atoms with van der Waals surface area (Å²) in [6, 6.07) is 16.4. The van der Waals surface area contributed by atoms with Gasteiger partial charge in [0.2, 0.25) is 5.78 Å². The molecule has 0 saturated heterocycles. The Hall–Kier alpha value is -4.20. The highest BCUT2D eigenvalue weighted by molar-refractivity contribution is 6.41. The summed E-state index contributed by atoms with van der Waals surface area (Å²) < 4.78 is 44.9. The Kier molecular flexibility index (Phi) is 5.59. The molecule has 3 aromatic carbocycles. The molecule has 33 heavy (non-hydrogen) atoms. The average molecular weight is 451 g/mol. The molecule has 0 heterocycles. The SMILES string of the molecule is CC(F)(F)Oc1ccc(C2=C(NC(=O)c3ccccc3F)C(=O)c3ccccc3C2=O)cc1. The van der Waals surface area contributed by atoms with Crippen LogP contribution in [0.5, 0.6) is 5.75 Å². The molecule has 0 aromatic heterocycles. The topological polar surface area (TPSA) is 72.5 Å². The molecule has 4 rings (SSSR count). The second-order valence-corrected chi connectivity index (χ2v) is 7.32. The first kappa shape index (κ1) is 22.0. The van der Waals surface area contributed by atoms with Gasteiger partial charge < -0.3 is 10.1 Å². The summed E-state index contributed by atoms with van der Waals surface area (Å²) in [7, 11) is 0. The number of hydrogen-bond donors (Lipinski definition) is 1. The van der Waals surface area contributed by atoms with E-state index in [0.717, 1.165) is 6.07 Å². The van der Waals surface area contributed by atoms with Crippen LogP contribution in [0, 0.1) is 5.82 Å². The van der Waals surface area contributed by atoms with E-state index in [0.29, 0.717) is 6.92 Å². The molecule has 5 nitrogen and oxygen atoms in total. The molecule has 1 amide bonds. The number of nitrogens with one attached hydrogen (secondary N) is 1. The fraction of sp³-hybridized carbons (Fsp3) is 0.0800. The Bertz CT molecular complexity index is 1310. The predicted octanol–water partition coefficient (Wildman–Crippen LogP) is 5.04. The monoisotopic (exact) mass is 451 g/mol. The number of fused-ring (bicyclic) bond motifs is 1. The molecular weight excluding hydrogens is 435 g/mol. The van der Waals surface area contributed by atoms with E-state index in [9.17, 15) is 27.6 Å². The smallest absolute Gasteiger partial charge is 0.394 e. The lowest BCUT2D eigenvalue weighted by atomic mass is 9.84. The standard InChI is InChI=1S/C25H16F3NO4/c1-25(27,28)33-15-12-10-14(11-13-15)20-21(29-24(32)18-8-4-5-9-19(18)26)23(31)17-7-3-2-6-16(17)22(20)30/h2-13H,1H3,(H,29,32). The molecule has 0 aliphatic heterocycles. The van der Waals surface area contributed by atoms with Gasteiger partial charge in [0.15, 0.2) is 5.78 Å². The molecule has 1 aliphatic carbocycles. The molecule has 1 aliphatic rings. The molecule has 0 fully saturated rings. The summed E-state index contributed by atoms with van der Waals surface area (Å²) in [6.45, 7) is 0.583. The van der Waals surface area contributed by atoms with Crippen molar-refractivity contribution in [3.8, 4) is 5.75 Å². The number of Topliss-reactive ketones (excluding diaryl/α,β-unsaturated/α-hetero) is 2. The van der Waals surface area contributed by atoms with E-state index in [1.54, 1.807) is 12.1 Å². The van der Waals surface area contributed by atoms with Crippen LogP contribution in [-0.2, 0) is 0 Å². The van der Waals surface area contributed by atoms with Crippen molar-refractivity contribution in [3.05, 3.63) is 107 Å². The number of ether oxygens (including phenoxy) is 1. The third kappa shape index (κ3) is 4.41. The molecule has 0 spiro atoms. The van der Waals surface area contributed by atoms with Crippen molar-refractivity contribution >= 4 is 23.0 Å². The van der Waals surface area contributed by atoms with Crippen molar-refractivity contribution in [3.63, 3.8) is 0 Å². The molecule has 1 N–H and O–H groups in total. The first-order chi connectivity index (χ1) is 15.7. The maximum Gasteiger partial charge on any atom is 0.394 e. The Morgan fingerprint density at radius 3 is 2.03 bits per heavy atom. The van der Waals surface area contributed by atoms with Gasteiger partial charge in [0.05, 0.1) is 11.1 Å². The molecule has 8 heteroatoms. The van der Waals surface area contributed by atoms with Gasteiger partial charge >= 0.3 is 6.11 Å². The Balaban J connectivity index is 1.81. The van der Waals surface area contributed by atoms with Crippen molar-refractivity contribution in [1.82, 2.24) is 5.32 Å². The van der Waals surface area contributed by atoms with E-state index in [1.165, 1.54) is 54.6 Å². The minimum Gasteiger partial charge on any atom is -0.433 e. The van der Waals surface area contributed by atoms with Crippen molar-refractivity contribution in [2.24, 2.45) is 0 Å². The van der Waals surface area contributed by atoms with Crippen LogP contribution in [-0.4, -0.2) is 23.6 Å². The highest BCUT2D eigenvalue weighted by Crippen LogP contribution is 2.33. The van der Waals surface area contributed by atoms with Crippen LogP contribution in [0.25, 0.3) is 5.57 Å². The van der Waals surface area contributed by atoms with Gasteiger partial charge in [0.25, 0.3) is 5.91 Å². The summed E-state index contributed by atoms with van der Waals surface area (Å²) in [5.41, 5.74) is -0.377. The summed E-state index contributed by atoms with van der Waals surface area (Å²) >= 11 is 0. The molecule has 0 atom stereocenters. The molecule has 0 bridgehead atoms. The Morgan fingerprint density at radius 1 is 0.848 bits per heavy atom. The lowest BCUT2D eigenvalue weighted by molar-refractivity contribution is -0.158. The molecule has 3 aromatic rings. The van der Waals surface area contributed by atoms with Gasteiger partial charge in [-0.15, -0.1) is 0 Å². The van der Waals surface area contributed by atoms with Crippen molar-refractivity contribution in [2.45, 2.75) is 13.0 Å². The summed E-state index contributed by atoms with van der Waals surface area (Å²) in [6.07, 6.45) is -3.41. The largest absolute Gasteiger partial charge is 0.433 e. The van der Waals surface area contributed by atoms with Crippen LogP contribution in [0.15, 0.2) is 78.5 Å².